The molecule has 0 unspecified atom stereocenters. The number of carboxylic acids is 1. The van der Waals surface area contributed by atoms with E-state index in [9.17, 15) is 9.18 Å². The summed E-state index contributed by atoms with van der Waals surface area (Å²) in [4.78, 5) is 13.9. The molecule has 0 aliphatic heterocycles. The third-order valence-corrected chi connectivity index (χ3v) is 3.42. The SMILES string of the molecule is O=C(O)c1ccc[nH+]c1SCc1cccc(F)c1. The number of rotatable bonds is 4. The van der Waals surface area contributed by atoms with E-state index in [0.717, 1.165) is 5.56 Å². The van der Waals surface area contributed by atoms with Gasteiger partial charge in [-0.1, -0.05) is 23.9 Å². The molecule has 0 saturated heterocycles. The van der Waals surface area contributed by atoms with Crippen molar-refractivity contribution in [1.82, 2.24) is 0 Å². The van der Waals surface area contributed by atoms with Crippen molar-refractivity contribution in [3.05, 3.63) is 59.5 Å². The molecule has 0 spiro atoms. The Labute approximate surface area is 108 Å². The molecular formula is C13H11FNO2S+. The van der Waals surface area contributed by atoms with Gasteiger partial charge in [0.25, 0.3) is 5.03 Å². The van der Waals surface area contributed by atoms with Crippen molar-refractivity contribution in [2.24, 2.45) is 0 Å². The summed E-state index contributed by atoms with van der Waals surface area (Å²) in [7, 11) is 0. The lowest BCUT2D eigenvalue weighted by molar-refractivity contribution is -0.427. The van der Waals surface area contributed by atoms with Gasteiger partial charge in [0, 0.05) is 11.8 Å². The number of hydrogen-bond acceptors (Lipinski definition) is 2. The van der Waals surface area contributed by atoms with Gasteiger partial charge in [-0.3, -0.25) is 0 Å². The minimum absolute atomic E-state index is 0.221. The van der Waals surface area contributed by atoms with E-state index in [-0.39, 0.29) is 11.4 Å². The highest BCUT2D eigenvalue weighted by atomic mass is 32.2. The number of aromatic nitrogens is 1. The zero-order valence-electron chi connectivity index (χ0n) is 9.39. The standard InChI is InChI=1S/C13H10FNO2S/c14-10-4-1-3-9(7-10)8-18-12-11(13(16)17)5-2-6-15-12/h1-7H,8H2,(H,16,17)/p+1. The molecule has 3 nitrogen and oxygen atoms in total. The van der Waals surface area contributed by atoms with Crippen molar-refractivity contribution in [3.63, 3.8) is 0 Å². The van der Waals surface area contributed by atoms with Crippen LogP contribution in [0.25, 0.3) is 0 Å². The van der Waals surface area contributed by atoms with Gasteiger partial charge in [0.05, 0.1) is 0 Å². The molecule has 0 fully saturated rings. The Bertz CT molecular complexity index is 574. The normalized spacial score (nSPS) is 10.3. The first kappa shape index (κ1) is 12.6. The number of carboxylic acid groups (broad SMARTS) is 1. The summed E-state index contributed by atoms with van der Waals surface area (Å²) in [5, 5.41) is 9.58. The number of nitrogens with one attached hydrogen (secondary N) is 1. The molecule has 0 amide bonds. The second-order valence-corrected chi connectivity index (χ2v) is 4.62. The van der Waals surface area contributed by atoms with Crippen LogP contribution in [0.3, 0.4) is 0 Å². The second kappa shape index (κ2) is 5.64. The number of thioether (sulfide) groups is 1. The van der Waals surface area contributed by atoms with Crippen LogP contribution in [-0.2, 0) is 5.75 Å². The fourth-order valence-corrected chi connectivity index (χ4v) is 2.44. The molecule has 0 atom stereocenters. The second-order valence-electron chi connectivity index (χ2n) is 3.64. The van der Waals surface area contributed by atoms with E-state index in [2.05, 4.69) is 4.98 Å². The van der Waals surface area contributed by atoms with Crippen molar-refractivity contribution < 1.29 is 19.3 Å². The van der Waals surface area contributed by atoms with Crippen LogP contribution in [-0.4, -0.2) is 11.1 Å². The van der Waals surface area contributed by atoms with Crippen LogP contribution in [0.5, 0.6) is 0 Å². The van der Waals surface area contributed by atoms with Crippen LogP contribution in [0.15, 0.2) is 47.6 Å². The first-order chi connectivity index (χ1) is 8.66. The molecule has 92 valence electrons. The van der Waals surface area contributed by atoms with E-state index in [1.807, 2.05) is 0 Å². The van der Waals surface area contributed by atoms with Gasteiger partial charge < -0.3 is 5.11 Å². The molecule has 0 aliphatic carbocycles. The van der Waals surface area contributed by atoms with Crippen LogP contribution in [0.1, 0.15) is 15.9 Å². The molecule has 5 heteroatoms. The summed E-state index contributed by atoms with van der Waals surface area (Å²) >= 11 is 1.33. The molecule has 2 rings (SSSR count). The summed E-state index contributed by atoms with van der Waals surface area (Å²) in [5.74, 6) is -0.754. The predicted octanol–water partition coefficient (Wildman–Crippen LogP) is 2.63. The van der Waals surface area contributed by atoms with E-state index >= 15 is 0 Å². The number of benzene rings is 1. The van der Waals surface area contributed by atoms with Gasteiger partial charge >= 0.3 is 5.97 Å². The van der Waals surface area contributed by atoms with Crippen LogP contribution in [0, 0.1) is 5.82 Å². The summed E-state index contributed by atoms with van der Waals surface area (Å²) in [6.07, 6.45) is 1.67. The molecule has 18 heavy (non-hydrogen) atoms. The Hall–Kier alpha value is -1.88. The highest BCUT2D eigenvalue weighted by molar-refractivity contribution is 7.98. The quantitative estimate of drug-likeness (QED) is 0.864. The van der Waals surface area contributed by atoms with Crippen molar-refractivity contribution in [2.75, 3.05) is 0 Å². The number of carbonyl (C=O) groups is 1. The molecule has 1 aromatic heterocycles. The van der Waals surface area contributed by atoms with Gasteiger partial charge in [-0.15, -0.1) is 0 Å². The summed E-state index contributed by atoms with van der Waals surface area (Å²) in [6.45, 7) is 0. The van der Waals surface area contributed by atoms with Gasteiger partial charge in [0.1, 0.15) is 11.4 Å². The Balaban J connectivity index is 2.13. The molecule has 0 bridgehead atoms. The molecule has 0 aliphatic rings. The first-order valence-corrected chi connectivity index (χ1v) is 6.26. The highest BCUT2D eigenvalue weighted by Gasteiger charge is 2.16. The number of aromatic amines is 1. The lowest BCUT2D eigenvalue weighted by Crippen LogP contribution is -2.12. The Morgan fingerprint density at radius 2 is 2.17 bits per heavy atom. The van der Waals surface area contributed by atoms with Crippen LogP contribution in [0.2, 0.25) is 0 Å². The van der Waals surface area contributed by atoms with Crippen LogP contribution in [0.4, 0.5) is 4.39 Å². The third kappa shape index (κ3) is 3.07. The predicted molar refractivity (Wildman–Crippen MR) is 65.9 cm³/mol. The van der Waals surface area contributed by atoms with Gasteiger partial charge in [0.15, 0.2) is 6.20 Å². The molecule has 2 aromatic rings. The van der Waals surface area contributed by atoms with E-state index in [1.54, 1.807) is 24.4 Å². The number of H-pyrrole nitrogens is 1. The van der Waals surface area contributed by atoms with Crippen LogP contribution < -0.4 is 4.98 Å². The summed E-state index contributed by atoms with van der Waals surface area (Å²) < 4.78 is 13.0. The van der Waals surface area contributed by atoms with Gasteiger partial charge in [-0.25, -0.2) is 14.2 Å². The lowest BCUT2D eigenvalue weighted by atomic mass is 10.2. The number of hydrogen-bond donors (Lipinski definition) is 1. The third-order valence-electron chi connectivity index (χ3n) is 2.32. The minimum atomic E-state index is -0.978. The zero-order valence-corrected chi connectivity index (χ0v) is 10.2. The molecule has 1 aromatic carbocycles. The maximum Gasteiger partial charge on any atom is 0.343 e. The topological polar surface area (TPSA) is 51.4 Å². The average molecular weight is 264 g/mol. The van der Waals surface area contributed by atoms with E-state index in [4.69, 9.17) is 5.11 Å². The first-order valence-electron chi connectivity index (χ1n) is 5.28. The lowest BCUT2D eigenvalue weighted by Gasteiger charge is -2.00. The van der Waals surface area contributed by atoms with Crippen molar-refractivity contribution >= 4 is 17.7 Å². The number of halogens is 1. The van der Waals surface area contributed by atoms with Gasteiger partial charge in [-0.2, -0.15) is 0 Å². The van der Waals surface area contributed by atoms with E-state index in [1.165, 1.54) is 30.0 Å². The molecule has 1 heterocycles. The van der Waals surface area contributed by atoms with Crippen molar-refractivity contribution in [1.29, 1.82) is 0 Å². The van der Waals surface area contributed by atoms with Crippen molar-refractivity contribution in [3.8, 4) is 0 Å². The van der Waals surface area contributed by atoms with Crippen molar-refractivity contribution in [2.45, 2.75) is 10.8 Å². The van der Waals surface area contributed by atoms with Gasteiger partial charge in [0.2, 0.25) is 0 Å². The van der Waals surface area contributed by atoms with E-state index < -0.39 is 5.97 Å². The number of pyridine rings is 1. The molecule has 0 radical (unpaired) electrons. The van der Waals surface area contributed by atoms with Crippen LogP contribution >= 0.6 is 11.8 Å². The Morgan fingerprint density at radius 1 is 1.33 bits per heavy atom. The maximum atomic E-state index is 13.0. The van der Waals surface area contributed by atoms with E-state index in [0.29, 0.717) is 10.8 Å². The number of aromatic carboxylic acids is 1. The Kier molecular flexibility index (Phi) is 3.94. The highest BCUT2D eigenvalue weighted by Crippen LogP contribution is 2.22. The maximum absolute atomic E-state index is 13.0. The summed E-state index contributed by atoms with van der Waals surface area (Å²) in [6, 6.07) is 9.43. The zero-order chi connectivity index (χ0) is 13.0. The minimum Gasteiger partial charge on any atom is -0.477 e. The average Bonchev–Trinajstić information content (AvgIpc) is 2.37. The smallest absolute Gasteiger partial charge is 0.343 e. The fourth-order valence-electron chi connectivity index (χ4n) is 1.49. The molecule has 2 N–H and O–H groups in total. The monoisotopic (exact) mass is 264 g/mol. The summed E-state index contributed by atoms with van der Waals surface area (Å²) in [5.41, 5.74) is 1.03. The fraction of sp³-hybridized carbons (Fsp3) is 0.0769. The Morgan fingerprint density at radius 3 is 2.89 bits per heavy atom. The van der Waals surface area contributed by atoms with Gasteiger partial charge in [-0.05, 0) is 23.8 Å². The molecule has 0 saturated carbocycles. The largest absolute Gasteiger partial charge is 0.477 e. The molecular weight excluding hydrogens is 253 g/mol.